The predicted molar refractivity (Wildman–Crippen MR) is 97.1 cm³/mol. The molecule has 4 rings (SSSR count). The van der Waals surface area contributed by atoms with Gasteiger partial charge in [-0.15, -0.1) is 11.3 Å². The quantitative estimate of drug-likeness (QED) is 0.552. The molecule has 0 saturated carbocycles. The number of pyridine rings is 1. The number of nitrogen functional groups attached to an aromatic ring is 1. The van der Waals surface area contributed by atoms with Crippen LogP contribution >= 0.6 is 11.3 Å². The molecule has 0 bridgehead atoms. The number of fused-ring (bicyclic) bond motifs is 2. The fraction of sp³-hybridized carbons (Fsp3) is 0.176. The summed E-state index contributed by atoms with van der Waals surface area (Å²) in [5.41, 5.74) is 8.77. The zero-order valence-electron chi connectivity index (χ0n) is 13.1. The zero-order valence-corrected chi connectivity index (χ0v) is 13.9. The molecule has 0 aliphatic heterocycles. The summed E-state index contributed by atoms with van der Waals surface area (Å²) >= 11 is 1.21. The Balaban J connectivity index is 1.71. The smallest absolute Gasteiger partial charge is 0.292 e. The van der Waals surface area contributed by atoms with Crippen molar-refractivity contribution in [2.75, 3.05) is 11.1 Å². The van der Waals surface area contributed by atoms with Crippen LogP contribution in [0.5, 0.6) is 0 Å². The molecule has 0 saturated heterocycles. The minimum Gasteiger partial charge on any atom is -0.397 e. The minimum absolute atomic E-state index is 0.143. The van der Waals surface area contributed by atoms with Crippen LogP contribution in [0.25, 0.3) is 10.2 Å². The van der Waals surface area contributed by atoms with Gasteiger partial charge >= 0.3 is 0 Å². The first kappa shape index (κ1) is 15.5. The van der Waals surface area contributed by atoms with Crippen molar-refractivity contribution >= 4 is 44.5 Å². The number of nitrogens with zero attached hydrogens (tertiary/aromatic N) is 2. The molecule has 1 aliphatic rings. The van der Waals surface area contributed by atoms with E-state index in [-0.39, 0.29) is 11.4 Å². The van der Waals surface area contributed by atoms with Gasteiger partial charge in [0.1, 0.15) is 15.4 Å². The molecule has 3 N–H and O–H groups in total. The molecule has 25 heavy (non-hydrogen) atoms. The van der Waals surface area contributed by atoms with Gasteiger partial charge in [0.15, 0.2) is 0 Å². The maximum Gasteiger partial charge on any atom is 0.292 e. The second-order valence-corrected chi connectivity index (χ2v) is 6.87. The van der Waals surface area contributed by atoms with E-state index in [1.54, 1.807) is 12.1 Å². The van der Waals surface area contributed by atoms with E-state index in [1.807, 2.05) is 6.07 Å². The Kier molecular flexibility index (Phi) is 3.61. The van der Waals surface area contributed by atoms with Gasteiger partial charge in [0.25, 0.3) is 11.6 Å². The molecule has 1 amide bonds. The summed E-state index contributed by atoms with van der Waals surface area (Å²) in [6.07, 6.45) is 3.01. The third kappa shape index (κ3) is 2.60. The molecule has 1 aliphatic carbocycles. The van der Waals surface area contributed by atoms with Crippen LogP contribution in [0.2, 0.25) is 0 Å². The summed E-state index contributed by atoms with van der Waals surface area (Å²) < 4.78 is 0. The molecule has 2 heterocycles. The van der Waals surface area contributed by atoms with Crippen molar-refractivity contribution in [2.45, 2.75) is 19.3 Å². The Bertz CT molecular complexity index is 1030. The van der Waals surface area contributed by atoms with E-state index in [0.29, 0.717) is 10.6 Å². The molecular weight excluding hydrogens is 340 g/mol. The Hall–Kier alpha value is -3.00. The summed E-state index contributed by atoms with van der Waals surface area (Å²) in [5.74, 6) is -0.463. The fourth-order valence-electron chi connectivity index (χ4n) is 3.08. The van der Waals surface area contributed by atoms with Gasteiger partial charge in [0.2, 0.25) is 0 Å². The number of nitro benzene ring substituents is 1. The van der Waals surface area contributed by atoms with Gasteiger partial charge < -0.3 is 11.1 Å². The number of hydrogen-bond donors (Lipinski definition) is 2. The van der Waals surface area contributed by atoms with E-state index in [2.05, 4.69) is 10.3 Å². The average Bonchev–Trinajstić information content (AvgIpc) is 3.17. The van der Waals surface area contributed by atoms with Crippen molar-refractivity contribution < 1.29 is 9.72 Å². The summed E-state index contributed by atoms with van der Waals surface area (Å²) in [6, 6.07) is 8.02. The third-order valence-corrected chi connectivity index (χ3v) is 5.42. The van der Waals surface area contributed by atoms with Gasteiger partial charge in [0.05, 0.1) is 10.6 Å². The molecule has 1 aromatic carbocycles. The summed E-state index contributed by atoms with van der Waals surface area (Å²) in [7, 11) is 0. The van der Waals surface area contributed by atoms with Crippen LogP contribution in [0.1, 0.15) is 27.3 Å². The predicted octanol–water partition coefficient (Wildman–Crippen LogP) is 3.53. The summed E-state index contributed by atoms with van der Waals surface area (Å²) in [4.78, 5) is 28.8. The lowest BCUT2D eigenvalue weighted by atomic mass is 10.1. The van der Waals surface area contributed by atoms with E-state index in [4.69, 9.17) is 5.73 Å². The molecule has 0 spiro atoms. The van der Waals surface area contributed by atoms with E-state index < -0.39 is 10.8 Å². The molecule has 8 heteroatoms. The van der Waals surface area contributed by atoms with Gasteiger partial charge in [-0.3, -0.25) is 14.9 Å². The van der Waals surface area contributed by atoms with Gasteiger partial charge in [-0.05, 0) is 37.0 Å². The molecule has 7 nitrogen and oxygen atoms in total. The lowest BCUT2D eigenvalue weighted by molar-refractivity contribution is -0.383. The van der Waals surface area contributed by atoms with Gasteiger partial charge in [-0.2, -0.15) is 0 Å². The van der Waals surface area contributed by atoms with Crippen LogP contribution in [0.15, 0.2) is 30.3 Å². The van der Waals surface area contributed by atoms with Crippen molar-refractivity contribution in [3.8, 4) is 0 Å². The molecule has 0 atom stereocenters. The Morgan fingerprint density at radius 3 is 2.92 bits per heavy atom. The van der Waals surface area contributed by atoms with Crippen molar-refractivity contribution in [1.82, 2.24) is 4.98 Å². The molecule has 0 unspecified atom stereocenters. The number of rotatable bonds is 3. The number of hydrogen-bond acceptors (Lipinski definition) is 6. The molecule has 3 aromatic rings. The Morgan fingerprint density at radius 1 is 1.32 bits per heavy atom. The number of para-hydroxylation sites is 2. The molecular formula is C17H14N4O3S. The largest absolute Gasteiger partial charge is 0.397 e. The third-order valence-electron chi connectivity index (χ3n) is 4.30. The number of nitro groups is 1. The van der Waals surface area contributed by atoms with Gasteiger partial charge in [0, 0.05) is 17.1 Å². The van der Waals surface area contributed by atoms with Crippen LogP contribution in [0.3, 0.4) is 0 Å². The number of aryl methyl sites for hydroxylation is 2. The minimum atomic E-state index is -0.532. The number of carbonyl (C=O) groups is 1. The van der Waals surface area contributed by atoms with Gasteiger partial charge in [-0.25, -0.2) is 4.98 Å². The first-order valence-corrected chi connectivity index (χ1v) is 8.62. The number of thiophene rings is 1. The number of nitrogens with one attached hydrogen (secondary N) is 1. The lowest BCUT2D eigenvalue weighted by Gasteiger charge is -2.05. The van der Waals surface area contributed by atoms with Crippen molar-refractivity contribution in [3.05, 3.63) is 56.6 Å². The number of amides is 1. The van der Waals surface area contributed by atoms with E-state index in [0.717, 1.165) is 35.2 Å². The maximum atomic E-state index is 12.6. The number of benzene rings is 1. The Labute approximate surface area is 146 Å². The van der Waals surface area contributed by atoms with Crippen LogP contribution in [0.4, 0.5) is 17.1 Å². The van der Waals surface area contributed by atoms with Crippen LogP contribution < -0.4 is 11.1 Å². The highest BCUT2D eigenvalue weighted by Gasteiger charge is 2.23. The molecule has 0 radical (unpaired) electrons. The maximum absolute atomic E-state index is 12.6. The molecule has 126 valence electrons. The fourth-order valence-corrected chi connectivity index (χ4v) is 4.08. The van der Waals surface area contributed by atoms with Crippen LogP contribution in [-0.2, 0) is 12.8 Å². The zero-order chi connectivity index (χ0) is 17.6. The highest BCUT2D eigenvalue weighted by atomic mass is 32.1. The normalized spacial score (nSPS) is 13.0. The van der Waals surface area contributed by atoms with Crippen LogP contribution in [0, 0.1) is 10.1 Å². The summed E-state index contributed by atoms with van der Waals surface area (Å²) in [5, 5.41) is 14.4. The number of nitrogens with two attached hydrogens (primary N) is 1. The highest BCUT2D eigenvalue weighted by Crippen LogP contribution is 2.36. The first-order valence-electron chi connectivity index (χ1n) is 7.80. The SMILES string of the molecule is Nc1c(C(=O)Nc2ccccc2[N+](=O)[O-])sc2nc3c(cc12)CCC3. The second-order valence-electron chi connectivity index (χ2n) is 5.87. The van der Waals surface area contributed by atoms with Crippen molar-refractivity contribution in [1.29, 1.82) is 0 Å². The first-order chi connectivity index (χ1) is 12.0. The molecule has 2 aromatic heterocycles. The van der Waals surface area contributed by atoms with Gasteiger partial charge in [-0.1, -0.05) is 12.1 Å². The topological polar surface area (TPSA) is 111 Å². The molecule has 0 fully saturated rings. The lowest BCUT2D eigenvalue weighted by Crippen LogP contribution is -2.13. The van der Waals surface area contributed by atoms with E-state index in [9.17, 15) is 14.9 Å². The van der Waals surface area contributed by atoms with Crippen LogP contribution in [-0.4, -0.2) is 15.8 Å². The number of carbonyl (C=O) groups excluding carboxylic acids is 1. The van der Waals surface area contributed by atoms with E-state index in [1.165, 1.54) is 29.0 Å². The highest BCUT2D eigenvalue weighted by molar-refractivity contribution is 7.21. The standard InChI is InChI=1S/C17H14N4O3S/c18-14-10-8-9-4-3-6-11(9)20-17(10)25-15(14)16(22)19-12-5-1-2-7-13(12)21(23)24/h1-2,5,7-8H,3-4,6,18H2,(H,19,22). The van der Waals surface area contributed by atoms with E-state index >= 15 is 0 Å². The Morgan fingerprint density at radius 2 is 2.12 bits per heavy atom. The summed E-state index contributed by atoms with van der Waals surface area (Å²) in [6.45, 7) is 0. The van der Waals surface area contributed by atoms with Crippen molar-refractivity contribution in [3.63, 3.8) is 0 Å². The second kappa shape index (κ2) is 5.82. The monoisotopic (exact) mass is 354 g/mol. The number of aromatic nitrogens is 1. The van der Waals surface area contributed by atoms with Crippen molar-refractivity contribution in [2.24, 2.45) is 0 Å². The average molecular weight is 354 g/mol. The number of anilines is 2.